The van der Waals surface area contributed by atoms with Crippen molar-refractivity contribution in [3.63, 3.8) is 0 Å². The number of aliphatic hydroxyl groups is 1. The van der Waals surface area contributed by atoms with E-state index in [1.54, 1.807) is 13.8 Å². The summed E-state index contributed by atoms with van der Waals surface area (Å²) in [5.74, 6) is -1.01. The molecule has 0 aromatic carbocycles. The van der Waals surface area contributed by atoms with Crippen molar-refractivity contribution in [3.8, 4) is 0 Å². The van der Waals surface area contributed by atoms with Crippen LogP contribution in [0.25, 0.3) is 0 Å². The molecule has 0 aliphatic heterocycles. The summed E-state index contributed by atoms with van der Waals surface area (Å²) in [5, 5.41) is 9.93. The lowest BCUT2D eigenvalue weighted by Crippen LogP contribution is -2.49. The quantitative estimate of drug-likeness (QED) is 0.746. The highest BCUT2D eigenvalue weighted by Gasteiger charge is 2.46. The van der Waals surface area contributed by atoms with Crippen LogP contribution in [-0.4, -0.2) is 34.7 Å². The molecule has 0 unspecified atom stereocenters. The molecule has 94 valence electrons. The van der Waals surface area contributed by atoms with Crippen LogP contribution in [0, 0.1) is 11.8 Å². The molecular formula is C11H20O4S. The minimum Gasteiger partial charge on any atom is -0.467 e. The minimum absolute atomic E-state index is 0.124. The average molecular weight is 248 g/mol. The van der Waals surface area contributed by atoms with E-state index in [9.17, 15) is 14.7 Å². The van der Waals surface area contributed by atoms with E-state index in [-0.39, 0.29) is 11.0 Å². The summed E-state index contributed by atoms with van der Waals surface area (Å²) in [6, 6.07) is 0. The van der Waals surface area contributed by atoms with Crippen LogP contribution in [0.4, 0.5) is 0 Å². The minimum atomic E-state index is -1.76. The van der Waals surface area contributed by atoms with Crippen LogP contribution < -0.4 is 0 Å². The third-order valence-corrected chi connectivity index (χ3v) is 3.24. The van der Waals surface area contributed by atoms with Crippen LogP contribution in [0.15, 0.2) is 0 Å². The van der Waals surface area contributed by atoms with Gasteiger partial charge >= 0.3 is 5.97 Å². The smallest absolute Gasteiger partial charge is 0.338 e. The van der Waals surface area contributed by atoms with Gasteiger partial charge in [0, 0.05) is 0 Å². The van der Waals surface area contributed by atoms with Gasteiger partial charge in [0.15, 0.2) is 10.7 Å². The zero-order valence-corrected chi connectivity index (χ0v) is 11.3. The molecule has 0 aliphatic carbocycles. The zero-order valence-electron chi connectivity index (χ0n) is 10.4. The fourth-order valence-corrected chi connectivity index (χ4v) is 2.68. The van der Waals surface area contributed by atoms with Crippen LogP contribution in [0.5, 0.6) is 0 Å². The SMILES string of the molecule is CCSC(=O)[C@@H](C(C)C)[C@@](C)(O)C(=O)OC. The number of methoxy groups -OCH3 is 1. The maximum Gasteiger partial charge on any atom is 0.338 e. The van der Waals surface area contributed by atoms with E-state index in [1.165, 1.54) is 14.0 Å². The van der Waals surface area contributed by atoms with Gasteiger partial charge in [-0.3, -0.25) is 4.79 Å². The van der Waals surface area contributed by atoms with Crippen LogP contribution >= 0.6 is 11.8 Å². The Hall–Kier alpha value is -0.550. The first-order valence-electron chi connectivity index (χ1n) is 5.26. The van der Waals surface area contributed by atoms with E-state index < -0.39 is 17.5 Å². The van der Waals surface area contributed by atoms with Crippen molar-refractivity contribution in [2.45, 2.75) is 33.3 Å². The summed E-state index contributed by atoms with van der Waals surface area (Å²) in [5.41, 5.74) is -1.76. The van der Waals surface area contributed by atoms with Crippen molar-refractivity contribution < 1.29 is 19.4 Å². The number of rotatable bonds is 5. The molecule has 0 aliphatic rings. The molecule has 0 aromatic rings. The molecule has 0 rings (SSSR count). The highest BCUT2D eigenvalue weighted by Crippen LogP contribution is 2.30. The second kappa shape index (κ2) is 6.25. The van der Waals surface area contributed by atoms with Crippen molar-refractivity contribution in [2.24, 2.45) is 11.8 Å². The molecule has 0 aromatic heterocycles. The van der Waals surface area contributed by atoms with Gasteiger partial charge in [-0.25, -0.2) is 4.79 Å². The molecular weight excluding hydrogens is 228 g/mol. The Balaban J connectivity index is 5.04. The van der Waals surface area contributed by atoms with E-state index in [0.29, 0.717) is 5.75 Å². The lowest BCUT2D eigenvalue weighted by atomic mass is 9.81. The summed E-state index contributed by atoms with van der Waals surface area (Å²) in [6.07, 6.45) is 0. The topological polar surface area (TPSA) is 63.6 Å². The number of ether oxygens (including phenoxy) is 1. The van der Waals surface area contributed by atoms with Gasteiger partial charge in [-0.1, -0.05) is 32.5 Å². The van der Waals surface area contributed by atoms with Crippen LogP contribution in [0.1, 0.15) is 27.7 Å². The number of carbonyl (C=O) groups is 2. The lowest BCUT2D eigenvalue weighted by Gasteiger charge is -2.31. The van der Waals surface area contributed by atoms with Crippen LogP contribution in [0.2, 0.25) is 0 Å². The van der Waals surface area contributed by atoms with Gasteiger partial charge in [0.25, 0.3) is 0 Å². The van der Waals surface area contributed by atoms with Crippen molar-refractivity contribution in [2.75, 3.05) is 12.9 Å². The molecule has 1 N–H and O–H groups in total. The van der Waals surface area contributed by atoms with E-state index in [0.717, 1.165) is 11.8 Å². The van der Waals surface area contributed by atoms with Gasteiger partial charge in [-0.2, -0.15) is 0 Å². The fraction of sp³-hybridized carbons (Fsp3) is 0.818. The van der Waals surface area contributed by atoms with E-state index in [2.05, 4.69) is 4.74 Å². The summed E-state index contributed by atoms with van der Waals surface area (Å²) < 4.78 is 4.52. The molecule has 0 bridgehead atoms. The first-order chi connectivity index (χ1) is 7.28. The monoisotopic (exact) mass is 248 g/mol. The van der Waals surface area contributed by atoms with Gasteiger partial charge < -0.3 is 9.84 Å². The van der Waals surface area contributed by atoms with Crippen LogP contribution in [0.3, 0.4) is 0 Å². The molecule has 0 radical (unpaired) electrons. The predicted molar refractivity (Wildman–Crippen MR) is 64.1 cm³/mol. The van der Waals surface area contributed by atoms with Gasteiger partial charge in [0.2, 0.25) is 0 Å². The number of carbonyl (C=O) groups excluding carboxylic acids is 2. The van der Waals surface area contributed by atoms with Gasteiger partial charge in [0.1, 0.15) is 0 Å². The molecule has 0 heterocycles. The molecule has 0 saturated carbocycles. The molecule has 0 spiro atoms. The average Bonchev–Trinajstić information content (AvgIpc) is 2.15. The number of esters is 1. The second-order valence-corrected chi connectivity index (χ2v) is 5.38. The normalized spacial score (nSPS) is 16.7. The van der Waals surface area contributed by atoms with Gasteiger partial charge in [-0.15, -0.1) is 0 Å². The predicted octanol–water partition coefficient (Wildman–Crippen LogP) is 1.46. The Morgan fingerprint density at radius 1 is 1.44 bits per heavy atom. The standard InChI is InChI=1S/C11H20O4S/c1-6-16-9(12)8(7(2)3)11(4,14)10(13)15-5/h7-8,14H,6H2,1-5H3/t8-,11-/m1/s1. The molecule has 4 nitrogen and oxygen atoms in total. The first kappa shape index (κ1) is 15.4. The first-order valence-corrected chi connectivity index (χ1v) is 6.25. The number of thioether (sulfide) groups is 1. The zero-order chi connectivity index (χ0) is 12.9. The highest BCUT2D eigenvalue weighted by atomic mass is 32.2. The number of hydrogen-bond acceptors (Lipinski definition) is 5. The van der Waals surface area contributed by atoms with Crippen molar-refractivity contribution in [3.05, 3.63) is 0 Å². The maximum atomic E-state index is 11.8. The van der Waals surface area contributed by atoms with Crippen LogP contribution in [-0.2, 0) is 14.3 Å². The molecule has 5 heteroatoms. The Kier molecular flexibility index (Phi) is 6.04. The lowest BCUT2D eigenvalue weighted by molar-refractivity contribution is -0.169. The summed E-state index contributed by atoms with van der Waals surface area (Å²) >= 11 is 1.12. The fourth-order valence-electron chi connectivity index (χ4n) is 1.72. The largest absolute Gasteiger partial charge is 0.467 e. The Morgan fingerprint density at radius 3 is 2.25 bits per heavy atom. The van der Waals surface area contributed by atoms with Gasteiger partial charge in [0.05, 0.1) is 13.0 Å². The molecule has 16 heavy (non-hydrogen) atoms. The van der Waals surface area contributed by atoms with Crippen molar-refractivity contribution in [1.82, 2.24) is 0 Å². The highest BCUT2D eigenvalue weighted by molar-refractivity contribution is 8.13. The number of hydrogen-bond donors (Lipinski definition) is 1. The van der Waals surface area contributed by atoms with E-state index >= 15 is 0 Å². The summed E-state index contributed by atoms with van der Waals surface area (Å²) in [6.45, 7) is 6.79. The molecule has 0 amide bonds. The Labute approximate surface area is 101 Å². The van der Waals surface area contributed by atoms with Crippen molar-refractivity contribution >= 4 is 22.8 Å². The Bertz CT molecular complexity index is 261. The van der Waals surface area contributed by atoms with E-state index in [4.69, 9.17) is 0 Å². The third kappa shape index (κ3) is 3.49. The summed E-state index contributed by atoms with van der Waals surface area (Å²) in [7, 11) is 1.20. The third-order valence-electron chi connectivity index (χ3n) is 2.41. The molecule has 0 fully saturated rings. The van der Waals surface area contributed by atoms with E-state index in [1.807, 2.05) is 6.92 Å². The summed E-state index contributed by atoms with van der Waals surface area (Å²) in [4.78, 5) is 23.3. The maximum absolute atomic E-state index is 11.8. The molecule has 0 saturated heterocycles. The molecule has 2 atom stereocenters. The Morgan fingerprint density at radius 2 is 1.94 bits per heavy atom. The van der Waals surface area contributed by atoms with Gasteiger partial charge in [-0.05, 0) is 18.6 Å². The van der Waals surface area contributed by atoms with Crippen molar-refractivity contribution in [1.29, 1.82) is 0 Å². The second-order valence-electron chi connectivity index (χ2n) is 4.11.